The molecule has 6 heteroatoms. The average Bonchev–Trinajstić information content (AvgIpc) is 2.96. The summed E-state index contributed by atoms with van der Waals surface area (Å²) >= 11 is 0. The van der Waals surface area contributed by atoms with E-state index in [-0.39, 0.29) is 6.03 Å². The van der Waals surface area contributed by atoms with Gasteiger partial charge < -0.3 is 20.0 Å². The standard InChI is InChI=1S/C21H35N5O/c1-3-19(25-14-12-23(2)13-15-25)18-22-21(27)26-11-7-10-24(16-17-26)20-8-5-4-6-9-20/h4-6,8-9,19H,3,7,10-18H2,1-2H3,(H,22,27)/t19-/m1/s1. The van der Waals surface area contributed by atoms with Crippen molar-refractivity contribution in [2.45, 2.75) is 25.8 Å². The molecule has 2 aliphatic heterocycles. The van der Waals surface area contributed by atoms with Crippen LogP contribution in [0.15, 0.2) is 30.3 Å². The second-order valence-corrected chi connectivity index (χ2v) is 7.75. The smallest absolute Gasteiger partial charge is 0.317 e. The Bertz CT molecular complexity index is 573. The molecular formula is C21H35N5O. The molecule has 0 unspecified atom stereocenters. The monoisotopic (exact) mass is 373 g/mol. The molecule has 1 atom stereocenters. The van der Waals surface area contributed by atoms with Crippen molar-refractivity contribution in [1.29, 1.82) is 0 Å². The van der Waals surface area contributed by atoms with E-state index < -0.39 is 0 Å². The van der Waals surface area contributed by atoms with Gasteiger partial charge in [-0.25, -0.2) is 4.79 Å². The van der Waals surface area contributed by atoms with Crippen LogP contribution in [0.5, 0.6) is 0 Å². The van der Waals surface area contributed by atoms with E-state index in [1.54, 1.807) is 0 Å². The zero-order valence-corrected chi connectivity index (χ0v) is 16.9. The summed E-state index contributed by atoms with van der Waals surface area (Å²) in [5.41, 5.74) is 1.25. The second kappa shape index (κ2) is 9.95. The van der Waals surface area contributed by atoms with E-state index in [0.29, 0.717) is 6.04 Å². The van der Waals surface area contributed by atoms with Gasteiger partial charge in [-0.2, -0.15) is 0 Å². The van der Waals surface area contributed by atoms with Crippen LogP contribution < -0.4 is 10.2 Å². The van der Waals surface area contributed by atoms with Gasteiger partial charge in [0.2, 0.25) is 0 Å². The Morgan fingerprint density at radius 2 is 1.74 bits per heavy atom. The molecule has 1 aromatic carbocycles. The fourth-order valence-corrected chi connectivity index (χ4v) is 4.05. The van der Waals surface area contributed by atoms with E-state index in [0.717, 1.165) is 71.7 Å². The lowest BCUT2D eigenvalue weighted by molar-refractivity contribution is 0.107. The Morgan fingerprint density at radius 1 is 1.00 bits per heavy atom. The molecule has 2 heterocycles. The van der Waals surface area contributed by atoms with E-state index in [1.807, 2.05) is 11.0 Å². The third kappa shape index (κ3) is 5.59. The van der Waals surface area contributed by atoms with E-state index in [4.69, 9.17) is 0 Å². The molecular weight excluding hydrogens is 338 g/mol. The first-order chi connectivity index (χ1) is 13.2. The van der Waals surface area contributed by atoms with Crippen LogP contribution in [0.1, 0.15) is 19.8 Å². The molecule has 0 radical (unpaired) electrons. The topological polar surface area (TPSA) is 42.1 Å². The van der Waals surface area contributed by atoms with E-state index in [2.05, 4.69) is 58.3 Å². The lowest BCUT2D eigenvalue weighted by Gasteiger charge is -2.38. The SMILES string of the molecule is CC[C@H](CNC(=O)N1CCCN(c2ccccc2)CC1)N1CCN(C)CC1. The summed E-state index contributed by atoms with van der Waals surface area (Å²) in [5, 5.41) is 3.21. The number of carbonyl (C=O) groups excluding carboxylic acids is 1. The van der Waals surface area contributed by atoms with Crippen LogP contribution in [-0.2, 0) is 0 Å². The van der Waals surface area contributed by atoms with Gasteiger partial charge >= 0.3 is 6.03 Å². The first-order valence-corrected chi connectivity index (χ1v) is 10.4. The quantitative estimate of drug-likeness (QED) is 0.856. The molecule has 3 rings (SSSR count). The summed E-state index contributed by atoms with van der Waals surface area (Å²) in [4.78, 5) is 22.0. The average molecular weight is 374 g/mol. The molecule has 27 heavy (non-hydrogen) atoms. The van der Waals surface area contributed by atoms with Gasteiger partial charge in [0.15, 0.2) is 0 Å². The minimum atomic E-state index is 0.0949. The second-order valence-electron chi connectivity index (χ2n) is 7.75. The molecule has 150 valence electrons. The molecule has 0 bridgehead atoms. The first kappa shape index (κ1) is 20.0. The Kier molecular flexibility index (Phi) is 7.35. The zero-order valence-electron chi connectivity index (χ0n) is 16.9. The molecule has 2 aliphatic rings. The number of piperazine rings is 1. The molecule has 1 aromatic rings. The number of urea groups is 1. The number of nitrogens with zero attached hydrogens (tertiary/aromatic N) is 4. The molecule has 0 spiro atoms. The highest BCUT2D eigenvalue weighted by Gasteiger charge is 2.23. The van der Waals surface area contributed by atoms with Crippen LogP contribution in [-0.4, -0.2) is 92.7 Å². The van der Waals surface area contributed by atoms with E-state index in [9.17, 15) is 4.79 Å². The number of amides is 2. The maximum absolute atomic E-state index is 12.7. The Balaban J connectivity index is 1.46. The lowest BCUT2D eigenvalue weighted by Crippen LogP contribution is -2.53. The molecule has 0 aliphatic carbocycles. The van der Waals surface area contributed by atoms with Gasteiger partial charge in [-0.3, -0.25) is 4.90 Å². The van der Waals surface area contributed by atoms with Gasteiger partial charge in [0.1, 0.15) is 0 Å². The number of hydrogen-bond donors (Lipinski definition) is 1. The first-order valence-electron chi connectivity index (χ1n) is 10.4. The summed E-state index contributed by atoms with van der Waals surface area (Å²) in [6.45, 7) is 10.9. The van der Waals surface area contributed by atoms with Crippen LogP contribution in [0.2, 0.25) is 0 Å². The highest BCUT2D eigenvalue weighted by molar-refractivity contribution is 5.74. The fraction of sp³-hybridized carbons (Fsp3) is 0.667. The predicted octanol–water partition coefficient (Wildman–Crippen LogP) is 1.93. The summed E-state index contributed by atoms with van der Waals surface area (Å²) in [7, 11) is 2.18. The summed E-state index contributed by atoms with van der Waals surface area (Å²) in [5.74, 6) is 0. The Morgan fingerprint density at radius 3 is 2.44 bits per heavy atom. The van der Waals surface area contributed by atoms with Gasteiger partial charge in [-0.1, -0.05) is 25.1 Å². The van der Waals surface area contributed by atoms with E-state index >= 15 is 0 Å². The van der Waals surface area contributed by atoms with Gasteiger partial charge in [0, 0.05) is 70.6 Å². The van der Waals surface area contributed by atoms with Gasteiger partial charge in [-0.15, -0.1) is 0 Å². The highest BCUT2D eigenvalue weighted by Crippen LogP contribution is 2.16. The van der Waals surface area contributed by atoms with Crippen molar-refractivity contribution in [3.05, 3.63) is 30.3 Å². The van der Waals surface area contributed by atoms with Crippen molar-refractivity contribution < 1.29 is 4.79 Å². The van der Waals surface area contributed by atoms with Gasteiger partial charge in [0.05, 0.1) is 0 Å². The number of anilines is 1. The zero-order chi connectivity index (χ0) is 19.1. The maximum atomic E-state index is 12.7. The molecule has 2 fully saturated rings. The van der Waals surface area contributed by atoms with Crippen molar-refractivity contribution >= 4 is 11.7 Å². The number of nitrogens with one attached hydrogen (secondary N) is 1. The minimum absolute atomic E-state index is 0.0949. The van der Waals surface area contributed by atoms with Crippen molar-refractivity contribution in [1.82, 2.24) is 20.0 Å². The maximum Gasteiger partial charge on any atom is 0.317 e. The van der Waals surface area contributed by atoms with Gasteiger partial charge in [-0.05, 0) is 32.0 Å². The number of likely N-dealkylation sites (N-methyl/N-ethyl adjacent to an activating group) is 1. The van der Waals surface area contributed by atoms with Crippen LogP contribution in [0, 0.1) is 0 Å². The number of rotatable bonds is 5. The van der Waals surface area contributed by atoms with Crippen molar-refractivity contribution in [3.63, 3.8) is 0 Å². The van der Waals surface area contributed by atoms with Crippen LogP contribution in [0.3, 0.4) is 0 Å². The molecule has 1 N–H and O–H groups in total. The van der Waals surface area contributed by atoms with Crippen molar-refractivity contribution in [2.75, 3.05) is 70.9 Å². The normalized spacial score (nSPS) is 21.0. The Hall–Kier alpha value is -1.79. The number of hydrogen-bond acceptors (Lipinski definition) is 4. The molecule has 0 aromatic heterocycles. The highest BCUT2D eigenvalue weighted by atomic mass is 16.2. The van der Waals surface area contributed by atoms with Crippen LogP contribution in [0.4, 0.5) is 10.5 Å². The predicted molar refractivity (Wildman–Crippen MR) is 111 cm³/mol. The van der Waals surface area contributed by atoms with Gasteiger partial charge in [0.25, 0.3) is 0 Å². The molecule has 6 nitrogen and oxygen atoms in total. The summed E-state index contributed by atoms with van der Waals surface area (Å²) < 4.78 is 0. The number of carbonyl (C=O) groups is 1. The summed E-state index contributed by atoms with van der Waals surface area (Å²) in [6.07, 6.45) is 2.09. The number of benzene rings is 1. The third-order valence-corrected chi connectivity index (χ3v) is 5.92. The fourth-order valence-electron chi connectivity index (χ4n) is 4.05. The number of para-hydroxylation sites is 1. The minimum Gasteiger partial charge on any atom is -0.370 e. The summed E-state index contributed by atoms with van der Waals surface area (Å²) in [6, 6.07) is 11.0. The van der Waals surface area contributed by atoms with Crippen LogP contribution in [0.25, 0.3) is 0 Å². The van der Waals surface area contributed by atoms with Crippen molar-refractivity contribution in [2.24, 2.45) is 0 Å². The third-order valence-electron chi connectivity index (χ3n) is 5.92. The van der Waals surface area contributed by atoms with Crippen LogP contribution >= 0.6 is 0 Å². The molecule has 2 amide bonds. The van der Waals surface area contributed by atoms with Crippen molar-refractivity contribution in [3.8, 4) is 0 Å². The molecule has 2 saturated heterocycles. The Labute approximate surface area is 164 Å². The molecule has 0 saturated carbocycles. The largest absolute Gasteiger partial charge is 0.370 e. The van der Waals surface area contributed by atoms with E-state index in [1.165, 1.54) is 5.69 Å². The lowest BCUT2D eigenvalue weighted by atomic mass is 10.1.